The molecule has 0 spiro atoms. The number of hydrogen-bond acceptors (Lipinski definition) is 7. The number of alkyl halides is 3. The first-order chi connectivity index (χ1) is 15.7. The molecule has 1 amide bonds. The van der Waals surface area contributed by atoms with Gasteiger partial charge >= 0.3 is 6.18 Å². The molecule has 0 aliphatic carbocycles. The van der Waals surface area contributed by atoms with Crippen LogP contribution in [0.25, 0.3) is 0 Å². The summed E-state index contributed by atoms with van der Waals surface area (Å²) in [5.41, 5.74) is -1.55. The molecule has 178 valence electrons. The van der Waals surface area contributed by atoms with Crippen molar-refractivity contribution in [1.29, 1.82) is 0 Å². The SMILES string of the molecule is O=C(Nc1nc(N2CCCCC2)n[nH]1)C1CCN(c2ccc(C(F)(F)F)cc2[N+](=O)[O-])CC1. The van der Waals surface area contributed by atoms with Gasteiger partial charge < -0.3 is 9.80 Å². The zero-order valence-corrected chi connectivity index (χ0v) is 17.8. The summed E-state index contributed by atoms with van der Waals surface area (Å²) in [7, 11) is 0. The van der Waals surface area contributed by atoms with Crippen molar-refractivity contribution >= 4 is 29.2 Å². The number of carbonyl (C=O) groups is 1. The van der Waals surface area contributed by atoms with E-state index in [2.05, 4.69) is 25.4 Å². The number of aromatic nitrogens is 3. The van der Waals surface area contributed by atoms with Crippen molar-refractivity contribution in [2.24, 2.45) is 5.92 Å². The van der Waals surface area contributed by atoms with Crippen molar-refractivity contribution in [2.45, 2.75) is 38.3 Å². The molecule has 0 atom stereocenters. The van der Waals surface area contributed by atoms with Gasteiger partial charge in [-0.25, -0.2) is 5.10 Å². The van der Waals surface area contributed by atoms with Crippen LogP contribution in [0.3, 0.4) is 0 Å². The summed E-state index contributed by atoms with van der Waals surface area (Å²) in [4.78, 5) is 31.3. The van der Waals surface area contributed by atoms with Gasteiger partial charge in [0.1, 0.15) is 5.69 Å². The minimum atomic E-state index is -4.66. The molecule has 4 rings (SSSR count). The molecule has 10 nitrogen and oxygen atoms in total. The monoisotopic (exact) mass is 467 g/mol. The lowest BCUT2D eigenvalue weighted by Gasteiger charge is -2.32. The summed E-state index contributed by atoms with van der Waals surface area (Å²) in [6.07, 6.45) is -0.534. The number of halogens is 3. The van der Waals surface area contributed by atoms with Crippen LogP contribution in [0.1, 0.15) is 37.7 Å². The van der Waals surface area contributed by atoms with E-state index in [-0.39, 0.29) is 23.5 Å². The number of nitrogens with one attached hydrogen (secondary N) is 2. The summed E-state index contributed by atoms with van der Waals surface area (Å²) >= 11 is 0. The lowest BCUT2D eigenvalue weighted by atomic mass is 9.95. The summed E-state index contributed by atoms with van der Waals surface area (Å²) in [5, 5.41) is 21.0. The fourth-order valence-electron chi connectivity index (χ4n) is 4.26. The number of H-pyrrole nitrogens is 1. The van der Waals surface area contributed by atoms with Crippen LogP contribution >= 0.6 is 0 Å². The Morgan fingerprint density at radius 2 is 1.82 bits per heavy atom. The number of nitro groups is 1. The molecule has 2 saturated heterocycles. The lowest BCUT2D eigenvalue weighted by Crippen LogP contribution is -2.38. The van der Waals surface area contributed by atoms with Crippen molar-refractivity contribution in [3.8, 4) is 0 Å². The van der Waals surface area contributed by atoms with Crippen LogP contribution in [-0.4, -0.2) is 52.2 Å². The van der Waals surface area contributed by atoms with Crippen molar-refractivity contribution < 1.29 is 22.9 Å². The van der Waals surface area contributed by atoms with Crippen LogP contribution in [0.2, 0.25) is 0 Å². The maximum atomic E-state index is 12.9. The highest BCUT2D eigenvalue weighted by atomic mass is 19.4. The van der Waals surface area contributed by atoms with Crippen LogP contribution in [-0.2, 0) is 11.0 Å². The van der Waals surface area contributed by atoms with Crippen molar-refractivity contribution in [2.75, 3.05) is 41.3 Å². The molecule has 0 saturated carbocycles. The van der Waals surface area contributed by atoms with Crippen molar-refractivity contribution in [3.63, 3.8) is 0 Å². The van der Waals surface area contributed by atoms with Crippen LogP contribution in [0.15, 0.2) is 18.2 Å². The molecule has 0 unspecified atom stereocenters. The Kier molecular flexibility index (Phi) is 6.38. The largest absolute Gasteiger partial charge is 0.416 e. The van der Waals surface area contributed by atoms with E-state index in [1.54, 1.807) is 4.90 Å². The topological polar surface area (TPSA) is 120 Å². The summed E-state index contributed by atoms with van der Waals surface area (Å²) in [5.74, 6) is 0.229. The molecular formula is C20H24F3N7O3. The minimum absolute atomic E-state index is 0.119. The number of rotatable bonds is 5. The van der Waals surface area contributed by atoms with E-state index in [9.17, 15) is 28.1 Å². The van der Waals surface area contributed by atoms with Crippen molar-refractivity contribution in [1.82, 2.24) is 15.2 Å². The molecule has 0 radical (unpaired) electrons. The molecule has 2 fully saturated rings. The average molecular weight is 467 g/mol. The van der Waals surface area contributed by atoms with Gasteiger partial charge in [0.15, 0.2) is 0 Å². The maximum absolute atomic E-state index is 12.9. The highest BCUT2D eigenvalue weighted by Gasteiger charge is 2.35. The average Bonchev–Trinajstić information content (AvgIpc) is 3.27. The van der Waals surface area contributed by atoms with Gasteiger partial charge in [-0.05, 0) is 44.2 Å². The lowest BCUT2D eigenvalue weighted by molar-refractivity contribution is -0.384. The van der Waals surface area contributed by atoms with Gasteiger partial charge in [0.05, 0.1) is 10.5 Å². The quantitative estimate of drug-likeness (QED) is 0.509. The first-order valence-corrected chi connectivity index (χ1v) is 10.8. The Balaban J connectivity index is 1.36. The Hall–Kier alpha value is -3.38. The molecule has 3 heterocycles. The number of nitrogens with zero attached hydrogens (tertiary/aromatic N) is 5. The van der Waals surface area contributed by atoms with Gasteiger partial charge in [-0.1, -0.05) is 0 Å². The highest BCUT2D eigenvalue weighted by molar-refractivity contribution is 5.91. The molecular weight excluding hydrogens is 443 g/mol. The molecule has 13 heteroatoms. The Labute approximate surface area is 187 Å². The minimum Gasteiger partial charge on any atom is -0.366 e. The predicted molar refractivity (Wildman–Crippen MR) is 114 cm³/mol. The van der Waals surface area contributed by atoms with E-state index in [1.165, 1.54) is 6.42 Å². The summed E-state index contributed by atoms with van der Waals surface area (Å²) in [6.45, 7) is 2.36. The first kappa shape index (κ1) is 22.8. The van der Waals surface area contributed by atoms with Crippen LogP contribution in [0.5, 0.6) is 0 Å². The number of nitro benzene ring substituents is 1. The van der Waals surface area contributed by atoms with Gasteiger partial charge in [0.2, 0.25) is 17.8 Å². The molecule has 2 aromatic rings. The van der Waals surface area contributed by atoms with E-state index < -0.39 is 22.4 Å². The summed E-state index contributed by atoms with van der Waals surface area (Å²) in [6, 6.07) is 2.51. The van der Waals surface area contributed by atoms with Crippen molar-refractivity contribution in [3.05, 3.63) is 33.9 Å². The van der Waals surface area contributed by atoms with Gasteiger partial charge in [-0.15, -0.1) is 5.10 Å². The number of anilines is 3. The van der Waals surface area contributed by atoms with E-state index in [0.29, 0.717) is 37.9 Å². The number of piperidine rings is 2. The van der Waals surface area contributed by atoms with Crippen LogP contribution < -0.4 is 15.1 Å². The molecule has 2 N–H and O–H groups in total. The Morgan fingerprint density at radius 1 is 1.12 bits per heavy atom. The van der Waals surface area contributed by atoms with Gasteiger partial charge in [-0.2, -0.15) is 18.2 Å². The normalized spacial score (nSPS) is 17.8. The van der Waals surface area contributed by atoms with Gasteiger partial charge in [-0.3, -0.25) is 20.2 Å². The standard InChI is InChI=1S/C20H24F3N7O3/c21-20(22,23)14-4-5-15(16(12-14)30(32)33)28-10-6-13(7-11-28)17(31)24-18-25-19(27-26-18)29-8-2-1-3-9-29/h4-5,12-13H,1-3,6-11H2,(H2,24,25,26,27,31). The second-order valence-corrected chi connectivity index (χ2v) is 8.24. The zero-order valence-electron chi connectivity index (χ0n) is 17.8. The fourth-order valence-corrected chi connectivity index (χ4v) is 4.26. The van der Waals surface area contributed by atoms with Gasteiger partial charge in [0.25, 0.3) is 5.69 Å². The van der Waals surface area contributed by atoms with Crippen LogP contribution in [0.4, 0.5) is 36.4 Å². The highest BCUT2D eigenvalue weighted by Crippen LogP contribution is 2.37. The van der Waals surface area contributed by atoms with E-state index in [0.717, 1.165) is 38.1 Å². The third-order valence-corrected chi connectivity index (χ3v) is 6.06. The smallest absolute Gasteiger partial charge is 0.366 e. The third kappa shape index (κ3) is 5.17. The third-order valence-electron chi connectivity index (χ3n) is 6.06. The molecule has 2 aliphatic heterocycles. The molecule has 1 aromatic heterocycles. The number of hydrogen-bond donors (Lipinski definition) is 2. The van der Waals surface area contributed by atoms with E-state index >= 15 is 0 Å². The molecule has 33 heavy (non-hydrogen) atoms. The molecule has 2 aliphatic rings. The van der Waals surface area contributed by atoms with E-state index in [1.807, 2.05) is 0 Å². The first-order valence-electron chi connectivity index (χ1n) is 10.8. The fraction of sp³-hybridized carbons (Fsp3) is 0.550. The zero-order chi connectivity index (χ0) is 23.6. The maximum Gasteiger partial charge on any atom is 0.416 e. The Morgan fingerprint density at radius 3 is 2.45 bits per heavy atom. The summed E-state index contributed by atoms with van der Waals surface area (Å²) < 4.78 is 38.8. The predicted octanol–water partition coefficient (Wildman–Crippen LogP) is 3.58. The number of aromatic amines is 1. The molecule has 0 bridgehead atoms. The number of amides is 1. The van der Waals surface area contributed by atoms with Gasteiger partial charge in [0, 0.05) is 38.2 Å². The van der Waals surface area contributed by atoms with E-state index in [4.69, 9.17) is 0 Å². The number of carbonyl (C=O) groups excluding carboxylic acids is 1. The Bertz CT molecular complexity index is 1010. The second kappa shape index (κ2) is 9.24. The molecule has 1 aromatic carbocycles. The van der Waals surface area contributed by atoms with Crippen LogP contribution in [0, 0.1) is 16.0 Å². The number of benzene rings is 1. The second-order valence-electron chi connectivity index (χ2n) is 8.24.